The van der Waals surface area contributed by atoms with Gasteiger partial charge in [0, 0.05) is 37.3 Å². The van der Waals surface area contributed by atoms with Crippen molar-refractivity contribution in [3.63, 3.8) is 0 Å². The summed E-state index contributed by atoms with van der Waals surface area (Å²) in [5.41, 5.74) is 11.0. The molecule has 0 radical (unpaired) electrons. The average Bonchev–Trinajstić information content (AvgIpc) is 3.44. The van der Waals surface area contributed by atoms with E-state index in [1.807, 2.05) is 48.2 Å². The first-order chi connectivity index (χ1) is 21.8. The summed E-state index contributed by atoms with van der Waals surface area (Å²) < 4.78 is 2.43. The minimum Gasteiger partial charge on any atom is -0.307 e. The van der Waals surface area contributed by atoms with Crippen LogP contribution in [0.25, 0.3) is 72.5 Å². The van der Waals surface area contributed by atoms with E-state index in [1.165, 1.54) is 42.8 Å². The van der Waals surface area contributed by atoms with Gasteiger partial charge in [-0.3, -0.25) is 0 Å². The van der Waals surface area contributed by atoms with Crippen LogP contribution in [0, 0.1) is 0 Å². The molecule has 44 heavy (non-hydrogen) atoms. The summed E-state index contributed by atoms with van der Waals surface area (Å²) in [6, 6.07) is 53.6. The van der Waals surface area contributed by atoms with Gasteiger partial charge in [0.2, 0.25) is 0 Å². The van der Waals surface area contributed by atoms with E-state index in [-0.39, 0.29) is 0 Å². The van der Waals surface area contributed by atoms with Crippen LogP contribution >= 0.6 is 11.8 Å². The van der Waals surface area contributed by atoms with Crippen LogP contribution in [0.1, 0.15) is 0 Å². The molecule has 9 rings (SSSR count). The number of benzene rings is 6. The van der Waals surface area contributed by atoms with Gasteiger partial charge in [0.1, 0.15) is 0 Å². The van der Waals surface area contributed by atoms with E-state index in [9.17, 15) is 0 Å². The van der Waals surface area contributed by atoms with Crippen LogP contribution in [0.5, 0.6) is 0 Å². The summed E-state index contributed by atoms with van der Waals surface area (Å²) >= 11 is 1.85. The number of para-hydroxylation sites is 2. The molecule has 0 atom stereocenters. The Morgan fingerprint density at radius 1 is 0.432 bits per heavy atom. The molecule has 0 amide bonds. The van der Waals surface area contributed by atoms with E-state index < -0.39 is 0 Å². The quantitative estimate of drug-likeness (QED) is 0.208. The zero-order valence-corrected chi connectivity index (χ0v) is 24.5. The van der Waals surface area contributed by atoms with E-state index in [4.69, 9.17) is 9.97 Å². The lowest BCUT2D eigenvalue weighted by Gasteiger charge is -2.19. The maximum Gasteiger partial charge on any atom is 0.160 e. The molecule has 1 aliphatic heterocycles. The second-order valence-corrected chi connectivity index (χ2v) is 12.1. The molecular formula is C40H25N3S. The van der Waals surface area contributed by atoms with Gasteiger partial charge >= 0.3 is 0 Å². The van der Waals surface area contributed by atoms with Crippen LogP contribution in [0.4, 0.5) is 0 Å². The van der Waals surface area contributed by atoms with Gasteiger partial charge in [-0.25, -0.2) is 9.97 Å². The molecule has 2 aromatic heterocycles. The Balaban J connectivity index is 1.19. The van der Waals surface area contributed by atoms with E-state index in [0.29, 0.717) is 5.82 Å². The fraction of sp³-hybridized carbons (Fsp3) is 0. The van der Waals surface area contributed by atoms with Gasteiger partial charge in [-0.15, -0.1) is 0 Å². The van der Waals surface area contributed by atoms with Gasteiger partial charge in [-0.1, -0.05) is 121 Å². The maximum absolute atomic E-state index is 5.06. The van der Waals surface area contributed by atoms with Gasteiger partial charge in [0.15, 0.2) is 5.82 Å². The Kier molecular flexibility index (Phi) is 5.75. The third-order valence-corrected chi connectivity index (χ3v) is 9.51. The number of hydrogen-bond acceptors (Lipinski definition) is 3. The number of nitrogens with zero attached hydrogens (tertiary/aromatic N) is 3. The fourth-order valence-electron chi connectivity index (χ4n) is 6.32. The second-order valence-electron chi connectivity index (χ2n) is 11.1. The molecule has 0 fully saturated rings. The summed E-state index contributed by atoms with van der Waals surface area (Å²) in [5.74, 6) is 0.717. The standard InChI is InChI=1S/C40H25N3S/c1-3-11-26(12-4-1)33-25-34(27-13-5-2-6-14-27)42-40(41-33)30-16-9-15-28(23-30)29-21-22-35-32(24-29)31-17-10-20-38-39(31)43(35)36-18-7-8-19-37(36)44-38/h1-25H. The first-order valence-electron chi connectivity index (χ1n) is 14.8. The molecule has 3 nitrogen and oxygen atoms in total. The second kappa shape index (κ2) is 10.1. The summed E-state index contributed by atoms with van der Waals surface area (Å²) in [5, 5.41) is 2.54. The zero-order valence-electron chi connectivity index (χ0n) is 23.7. The highest BCUT2D eigenvalue weighted by Crippen LogP contribution is 2.47. The van der Waals surface area contributed by atoms with Crippen molar-refractivity contribution in [3.05, 3.63) is 152 Å². The molecule has 8 aromatic rings. The van der Waals surface area contributed by atoms with Crippen molar-refractivity contribution in [2.24, 2.45) is 0 Å². The third-order valence-electron chi connectivity index (χ3n) is 8.40. The monoisotopic (exact) mass is 579 g/mol. The number of rotatable bonds is 4. The van der Waals surface area contributed by atoms with Crippen LogP contribution in [0.15, 0.2) is 161 Å². The van der Waals surface area contributed by atoms with Crippen LogP contribution < -0.4 is 0 Å². The first kappa shape index (κ1) is 25.1. The number of hydrogen-bond donors (Lipinski definition) is 0. The van der Waals surface area contributed by atoms with Crippen LogP contribution in [0.2, 0.25) is 0 Å². The third kappa shape index (κ3) is 4.07. The van der Waals surface area contributed by atoms with Crippen molar-refractivity contribution in [2.75, 3.05) is 0 Å². The van der Waals surface area contributed by atoms with Crippen molar-refractivity contribution < 1.29 is 0 Å². The fourth-order valence-corrected chi connectivity index (χ4v) is 7.42. The summed E-state index contributed by atoms with van der Waals surface area (Å²) in [4.78, 5) is 12.7. The molecule has 0 saturated carbocycles. The highest BCUT2D eigenvalue weighted by atomic mass is 32.2. The van der Waals surface area contributed by atoms with Crippen molar-refractivity contribution in [1.82, 2.24) is 14.5 Å². The molecular weight excluding hydrogens is 555 g/mol. The molecule has 6 aromatic carbocycles. The van der Waals surface area contributed by atoms with Crippen LogP contribution in [-0.2, 0) is 0 Å². The molecule has 0 saturated heterocycles. The van der Waals surface area contributed by atoms with E-state index in [1.54, 1.807) is 0 Å². The summed E-state index contributed by atoms with van der Waals surface area (Å²) in [6.45, 7) is 0. The first-order valence-corrected chi connectivity index (χ1v) is 15.6. The summed E-state index contributed by atoms with van der Waals surface area (Å²) in [6.07, 6.45) is 0. The highest BCUT2D eigenvalue weighted by Gasteiger charge is 2.22. The Bertz CT molecular complexity index is 2300. The molecule has 0 bridgehead atoms. The van der Waals surface area contributed by atoms with Crippen molar-refractivity contribution >= 4 is 33.6 Å². The van der Waals surface area contributed by atoms with Gasteiger partial charge in [0.25, 0.3) is 0 Å². The lowest BCUT2D eigenvalue weighted by Crippen LogP contribution is -2.00. The molecule has 3 heterocycles. The molecule has 0 N–H and O–H groups in total. The Labute approximate surface area is 259 Å². The molecule has 0 unspecified atom stereocenters. The van der Waals surface area contributed by atoms with E-state index in [0.717, 1.165) is 33.6 Å². The lowest BCUT2D eigenvalue weighted by molar-refractivity contribution is 1.09. The normalized spacial score (nSPS) is 12.0. The Morgan fingerprint density at radius 3 is 1.82 bits per heavy atom. The predicted molar refractivity (Wildman–Crippen MR) is 182 cm³/mol. The smallest absolute Gasteiger partial charge is 0.160 e. The van der Waals surface area contributed by atoms with Gasteiger partial charge in [-0.05, 0) is 53.6 Å². The number of fused-ring (bicyclic) bond motifs is 5. The summed E-state index contributed by atoms with van der Waals surface area (Å²) in [7, 11) is 0. The molecule has 0 aliphatic carbocycles. The van der Waals surface area contributed by atoms with E-state index >= 15 is 0 Å². The molecule has 1 aliphatic rings. The van der Waals surface area contributed by atoms with Crippen molar-refractivity contribution in [1.29, 1.82) is 0 Å². The molecule has 4 heteroatoms. The molecule has 206 valence electrons. The largest absolute Gasteiger partial charge is 0.307 e. The Hall–Kier alpha value is -5.45. The minimum atomic E-state index is 0.717. The topological polar surface area (TPSA) is 30.7 Å². The van der Waals surface area contributed by atoms with Gasteiger partial charge in [0.05, 0.1) is 28.1 Å². The SMILES string of the molecule is c1ccc(-c2cc(-c3ccccc3)nc(-c3cccc(-c4ccc5c(c4)c4cccc6c4n5-c4ccccc4S6)c3)n2)cc1. The van der Waals surface area contributed by atoms with Crippen molar-refractivity contribution in [3.8, 4) is 50.7 Å². The maximum atomic E-state index is 5.06. The number of aromatic nitrogens is 3. The highest BCUT2D eigenvalue weighted by molar-refractivity contribution is 7.99. The minimum absolute atomic E-state index is 0.717. The zero-order chi connectivity index (χ0) is 29.0. The lowest BCUT2D eigenvalue weighted by atomic mass is 10.00. The predicted octanol–water partition coefficient (Wildman–Crippen LogP) is 10.7. The van der Waals surface area contributed by atoms with Crippen LogP contribution in [0.3, 0.4) is 0 Å². The average molecular weight is 580 g/mol. The van der Waals surface area contributed by atoms with Gasteiger partial charge < -0.3 is 4.57 Å². The van der Waals surface area contributed by atoms with E-state index in [2.05, 4.69) is 120 Å². The Morgan fingerprint density at radius 2 is 1.05 bits per heavy atom. The van der Waals surface area contributed by atoms with Crippen LogP contribution in [-0.4, -0.2) is 14.5 Å². The van der Waals surface area contributed by atoms with Gasteiger partial charge in [-0.2, -0.15) is 0 Å². The molecule has 0 spiro atoms. The van der Waals surface area contributed by atoms with Crippen molar-refractivity contribution in [2.45, 2.75) is 9.79 Å².